The molecule has 6 nitrogen and oxygen atoms in total. The minimum absolute atomic E-state index is 0.127. The second kappa shape index (κ2) is 6.19. The Balaban J connectivity index is 2.03. The summed E-state index contributed by atoms with van der Waals surface area (Å²) < 4.78 is 14.8. The van der Waals surface area contributed by atoms with Crippen LogP contribution in [0.2, 0.25) is 0 Å². The number of aryl methyl sites for hydroxylation is 1. The van der Waals surface area contributed by atoms with Crippen LogP contribution < -0.4 is 5.73 Å². The van der Waals surface area contributed by atoms with E-state index in [4.69, 9.17) is 5.73 Å². The molecular formula is C17H16FN5O. The summed E-state index contributed by atoms with van der Waals surface area (Å²) in [6, 6.07) is 9.45. The third-order valence-electron chi connectivity index (χ3n) is 3.72. The maximum Gasteiger partial charge on any atom is 0.183 e. The molecule has 0 saturated carbocycles. The van der Waals surface area contributed by atoms with Gasteiger partial charge >= 0.3 is 0 Å². The Kier molecular flexibility index (Phi) is 4.07. The van der Waals surface area contributed by atoms with E-state index in [1.165, 1.54) is 6.92 Å². The minimum Gasteiger partial charge on any atom is -0.381 e. The van der Waals surface area contributed by atoms with Crippen LogP contribution in [0, 0.1) is 12.7 Å². The van der Waals surface area contributed by atoms with Crippen LogP contribution in [-0.2, 0) is 6.54 Å². The molecule has 2 aromatic heterocycles. The molecule has 0 aliphatic heterocycles. The van der Waals surface area contributed by atoms with E-state index >= 15 is 0 Å². The summed E-state index contributed by atoms with van der Waals surface area (Å²) in [5, 5.41) is 4.40. The SMILES string of the molecule is CC(=O)c1cc(-c2ncc(F)c(N)n2)nn1Cc1ccccc1C. The number of benzene rings is 1. The highest BCUT2D eigenvalue weighted by Gasteiger charge is 2.16. The van der Waals surface area contributed by atoms with Crippen LogP contribution in [0.4, 0.5) is 10.2 Å². The smallest absolute Gasteiger partial charge is 0.183 e. The van der Waals surface area contributed by atoms with Gasteiger partial charge in [-0.1, -0.05) is 24.3 Å². The van der Waals surface area contributed by atoms with E-state index in [1.807, 2.05) is 31.2 Å². The highest BCUT2D eigenvalue weighted by atomic mass is 19.1. The number of anilines is 1. The zero-order valence-corrected chi connectivity index (χ0v) is 13.3. The normalized spacial score (nSPS) is 10.8. The van der Waals surface area contributed by atoms with E-state index in [1.54, 1.807) is 10.7 Å². The molecule has 0 fully saturated rings. The largest absolute Gasteiger partial charge is 0.381 e. The van der Waals surface area contributed by atoms with Gasteiger partial charge in [-0.2, -0.15) is 5.10 Å². The van der Waals surface area contributed by atoms with Gasteiger partial charge in [0, 0.05) is 6.92 Å². The van der Waals surface area contributed by atoms with Crippen LogP contribution in [-0.4, -0.2) is 25.5 Å². The zero-order chi connectivity index (χ0) is 17.3. The quantitative estimate of drug-likeness (QED) is 0.745. The molecule has 24 heavy (non-hydrogen) atoms. The van der Waals surface area contributed by atoms with Crippen molar-refractivity contribution in [2.45, 2.75) is 20.4 Å². The van der Waals surface area contributed by atoms with Crippen LogP contribution in [0.25, 0.3) is 11.5 Å². The number of nitrogens with two attached hydrogens (primary N) is 1. The van der Waals surface area contributed by atoms with Crippen LogP contribution in [0.1, 0.15) is 28.5 Å². The van der Waals surface area contributed by atoms with Crippen LogP contribution >= 0.6 is 0 Å². The molecular weight excluding hydrogens is 309 g/mol. The zero-order valence-electron chi connectivity index (χ0n) is 13.3. The molecule has 2 heterocycles. The molecule has 0 bridgehead atoms. The average Bonchev–Trinajstić information content (AvgIpc) is 2.96. The predicted octanol–water partition coefficient (Wildman–Crippen LogP) is 2.62. The predicted molar refractivity (Wildman–Crippen MR) is 87.9 cm³/mol. The van der Waals surface area contributed by atoms with Crippen molar-refractivity contribution >= 4 is 11.6 Å². The van der Waals surface area contributed by atoms with E-state index in [0.29, 0.717) is 17.9 Å². The number of hydrogen-bond donors (Lipinski definition) is 1. The van der Waals surface area contributed by atoms with Crippen molar-refractivity contribution in [1.82, 2.24) is 19.7 Å². The molecule has 122 valence electrons. The highest BCUT2D eigenvalue weighted by molar-refractivity contribution is 5.93. The van der Waals surface area contributed by atoms with Crippen molar-refractivity contribution in [2.24, 2.45) is 0 Å². The standard InChI is InChI=1S/C17H16FN5O/c1-10-5-3-4-6-12(10)9-23-15(11(2)24)7-14(22-23)17-20-8-13(18)16(19)21-17/h3-8H,9H2,1-2H3,(H2,19,20,21). The van der Waals surface area contributed by atoms with Crippen molar-refractivity contribution in [2.75, 3.05) is 5.73 Å². The number of Topliss-reactive ketones (excluding diaryl/α,β-unsaturated/α-hetero) is 1. The molecule has 0 aliphatic carbocycles. The molecule has 0 saturated heterocycles. The van der Waals surface area contributed by atoms with Crippen molar-refractivity contribution < 1.29 is 9.18 Å². The molecule has 0 unspecified atom stereocenters. The first kappa shape index (κ1) is 15.8. The molecule has 0 atom stereocenters. The monoisotopic (exact) mass is 325 g/mol. The fourth-order valence-corrected chi connectivity index (χ4v) is 2.38. The lowest BCUT2D eigenvalue weighted by atomic mass is 10.1. The van der Waals surface area contributed by atoms with Gasteiger partial charge in [0.15, 0.2) is 23.2 Å². The summed E-state index contributed by atoms with van der Waals surface area (Å²) in [4.78, 5) is 19.7. The fourth-order valence-electron chi connectivity index (χ4n) is 2.38. The van der Waals surface area contributed by atoms with Gasteiger partial charge in [-0.25, -0.2) is 14.4 Å². The molecule has 7 heteroatoms. The second-order valence-corrected chi connectivity index (χ2v) is 5.48. The first-order valence-corrected chi connectivity index (χ1v) is 7.37. The molecule has 3 rings (SSSR count). The van der Waals surface area contributed by atoms with Crippen LogP contribution in [0.3, 0.4) is 0 Å². The lowest BCUT2D eigenvalue weighted by molar-refractivity contribution is 0.100. The highest BCUT2D eigenvalue weighted by Crippen LogP contribution is 2.19. The molecule has 0 spiro atoms. The first-order chi connectivity index (χ1) is 11.5. The van der Waals surface area contributed by atoms with Gasteiger partial charge in [-0.3, -0.25) is 9.48 Å². The Bertz CT molecular complexity index is 919. The van der Waals surface area contributed by atoms with Crippen molar-refractivity contribution in [3.05, 3.63) is 59.2 Å². The first-order valence-electron chi connectivity index (χ1n) is 7.37. The molecule has 0 aliphatic rings. The molecule has 3 aromatic rings. The van der Waals surface area contributed by atoms with E-state index in [9.17, 15) is 9.18 Å². The third-order valence-corrected chi connectivity index (χ3v) is 3.72. The number of carbonyl (C=O) groups is 1. The second-order valence-electron chi connectivity index (χ2n) is 5.48. The van der Waals surface area contributed by atoms with Crippen molar-refractivity contribution in [3.63, 3.8) is 0 Å². The number of aromatic nitrogens is 4. The Morgan fingerprint density at radius 1 is 1.33 bits per heavy atom. The van der Waals surface area contributed by atoms with E-state index in [0.717, 1.165) is 17.3 Å². The van der Waals surface area contributed by atoms with Crippen molar-refractivity contribution in [3.8, 4) is 11.5 Å². The lowest BCUT2D eigenvalue weighted by Crippen LogP contribution is -2.10. The molecule has 0 amide bonds. The number of nitrogen functional groups attached to an aromatic ring is 1. The number of ketones is 1. The maximum absolute atomic E-state index is 13.2. The summed E-state index contributed by atoms with van der Waals surface area (Å²) in [7, 11) is 0. The van der Waals surface area contributed by atoms with Gasteiger partial charge in [0.2, 0.25) is 0 Å². The number of carbonyl (C=O) groups excluding carboxylic acids is 1. The molecule has 1 aromatic carbocycles. The maximum atomic E-state index is 13.2. The van der Waals surface area contributed by atoms with E-state index in [2.05, 4.69) is 15.1 Å². The minimum atomic E-state index is -0.690. The van der Waals surface area contributed by atoms with Gasteiger partial charge in [0.1, 0.15) is 11.4 Å². The lowest BCUT2D eigenvalue weighted by Gasteiger charge is -2.08. The van der Waals surface area contributed by atoms with Crippen LogP contribution in [0.15, 0.2) is 36.5 Å². The molecule has 2 N–H and O–H groups in total. The van der Waals surface area contributed by atoms with Gasteiger partial charge in [-0.15, -0.1) is 0 Å². The van der Waals surface area contributed by atoms with Crippen LogP contribution in [0.5, 0.6) is 0 Å². The molecule has 0 radical (unpaired) electrons. The summed E-state index contributed by atoms with van der Waals surface area (Å²) >= 11 is 0. The number of rotatable bonds is 4. The van der Waals surface area contributed by atoms with Gasteiger partial charge in [0.05, 0.1) is 12.7 Å². The summed E-state index contributed by atoms with van der Waals surface area (Å²) in [5.74, 6) is -0.889. The fraction of sp³-hybridized carbons (Fsp3) is 0.176. The summed E-state index contributed by atoms with van der Waals surface area (Å²) in [5.41, 5.74) is 8.44. The third kappa shape index (κ3) is 3.01. The Hall–Kier alpha value is -3.09. The van der Waals surface area contributed by atoms with E-state index in [-0.39, 0.29) is 17.4 Å². The Morgan fingerprint density at radius 3 is 2.75 bits per heavy atom. The van der Waals surface area contributed by atoms with Gasteiger partial charge < -0.3 is 5.73 Å². The number of halogens is 1. The van der Waals surface area contributed by atoms with Crippen molar-refractivity contribution in [1.29, 1.82) is 0 Å². The average molecular weight is 325 g/mol. The van der Waals surface area contributed by atoms with E-state index < -0.39 is 5.82 Å². The summed E-state index contributed by atoms with van der Waals surface area (Å²) in [6.45, 7) is 3.91. The van der Waals surface area contributed by atoms with Gasteiger partial charge in [-0.05, 0) is 24.1 Å². The van der Waals surface area contributed by atoms with Gasteiger partial charge in [0.25, 0.3) is 0 Å². The topological polar surface area (TPSA) is 86.7 Å². The Labute approximate surface area is 138 Å². The number of nitrogens with zero attached hydrogens (tertiary/aromatic N) is 4. The summed E-state index contributed by atoms with van der Waals surface area (Å²) in [6.07, 6.45) is 0.992. The Morgan fingerprint density at radius 2 is 2.08 bits per heavy atom. The number of hydrogen-bond acceptors (Lipinski definition) is 5.